The summed E-state index contributed by atoms with van der Waals surface area (Å²) < 4.78 is 0. The summed E-state index contributed by atoms with van der Waals surface area (Å²) >= 11 is 0. The summed E-state index contributed by atoms with van der Waals surface area (Å²) in [5, 5.41) is 0. The Bertz CT molecular complexity index is 260. The van der Waals surface area contributed by atoms with Crippen molar-refractivity contribution in [3.8, 4) is 0 Å². The molecule has 1 rings (SSSR count). The molecule has 0 N–H and O–H groups in total. The maximum Gasteiger partial charge on any atom is 0.0361 e. The summed E-state index contributed by atoms with van der Waals surface area (Å²) in [5.74, 6) is 0. The van der Waals surface area contributed by atoms with Crippen molar-refractivity contribution in [2.24, 2.45) is 4.99 Å². The number of rotatable bonds is 2. The van der Waals surface area contributed by atoms with E-state index in [9.17, 15) is 0 Å². The summed E-state index contributed by atoms with van der Waals surface area (Å²) in [6, 6.07) is 8.28. The minimum Gasteiger partial charge on any atom is -0.378 e. The fraction of sp³-hybridized carbons (Fsp3) is 0.417. The van der Waals surface area contributed by atoms with E-state index < -0.39 is 0 Å². The van der Waals surface area contributed by atoms with E-state index in [2.05, 4.69) is 34.2 Å². The third-order valence-corrected chi connectivity index (χ3v) is 1.69. The van der Waals surface area contributed by atoms with Crippen LogP contribution in [0.25, 0.3) is 0 Å². The Morgan fingerprint density at radius 3 is 1.93 bits per heavy atom. The largest absolute Gasteiger partial charge is 0.378 e. The number of hydrogen-bond donors (Lipinski definition) is 0. The van der Waals surface area contributed by atoms with Gasteiger partial charge >= 0.3 is 0 Å². The molecule has 1 aromatic carbocycles. The van der Waals surface area contributed by atoms with Crippen LogP contribution in [0.3, 0.4) is 0 Å². The SMILES string of the molecule is CC.CN=Cc1ccc(N(C)C)cc1. The van der Waals surface area contributed by atoms with Gasteiger partial charge in [-0.2, -0.15) is 0 Å². The van der Waals surface area contributed by atoms with Crippen LogP contribution >= 0.6 is 0 Å². The van der Waals surface area contributed by atoms with E-state index in [4.69, 9.17) is 0 Å². The first-order chi connectivity index (χ1) is 6.74. The van der Waals surface area contributed by atoms with Gasteiger partial charge in [-0.1, -0.05) is 26.0 Å². The molecule has 0 saturated heterocycles. The van der Waals surface area contributed by atoms with E-state index in [-0.39, 0.29) is 0 Å². The number of aliphatic imine (C=N–C) groups is 1. The minimum absolute atomic E-state index is 1.14. The summed E-state index contributed by atoms with van der Waals surface area (Å²) in [4.78, 5) is 6.02. The first kappa shape index (κ1) is 12.7. The quantitative estimate of drug-likeness (QED) is 0.658. The van der Waals surface area contributed by atoms with Gasteiger partial charge in [0.1, 0.15) is 0 Å². The van der Waals surface area contributed by atoms with E-state index in [0.717, 1.165) is 5.56 Å². The molecular weight excluding hydrogens is 172 g/mol. The lowest BCUT2D eigenvalue weighted by Crippen LogP contribution is -2.08. The average molecular weight is 192 g/mol. The standard InChI is InChI=1S/C10H14N2.C2H6/c1-11-8-9-4-6-10(7-5-9)12(2)3;1-2/h4-8H,1-3H3;1-2H3. The molecule has 0 radical (unpaired) electrons. The predicted octanol–water partition coefficient (Wildman–Crippen LogP) is 2.83. The van der Waals surface area contributed by atoms with Crippen LogP contribution in [0.5, 0.6) is 0 Å². The highest BCUT2D eigenvalue weighted by molar-refractivity contribution is 5.80. The predicted molar refractivity (Wildman–Crippen MR) is 65.6 cm³/mol. The molecule has 0 aliphatic heterocycles. The van der Waals surface area contributed by atoms with Crippen LogP contribution in [-0.2, 0) is 0 Å². The van der Waals surface area contributed by atoms with Crippen molar-refractivity contribution in [1.82, 2.24) is 0 Å². The maximum atomic E-state index is 3.94. The van der Waals surface area contributed by atoms with Crippen LogP contribution in [0, 0.1) is 0 Å². The van der Waals surface area contributed by atoms with Gasteiger partial charge in [0.15, 0.2) is 0 Å². The lowest BCUT2D eigenvalue weighted by atomic mass is 10.2. The maximum absolute atomic E-state index is 3.94. The van der Waals surface area contributed by atoms with Crippen molar-refractivity contribution in [3.63, 3.8) is 0 Å². The highest BCUT2D eigenvalue weighted by Gasteiger charge is 1.92. The van der Waals surface area contributed by atoms with Gasteiger partial charge in [-0.15, -0.1) is 0 Å². The zero-order valence-corrected chi connectivity index (χ0v) is 9.78. The van der Waals surface area contributed by atoms with Crippen molar-refractivity contribution in [2.45, 2.75) is 13.8 Å². The Balaban J connectivity index is 0.000000791. The molecule has 0 atom stereocenters. The van der Waals surface area contributed by atoms with Crippen LogP contribution in [0.1, 0.15) is 19.4 Å². The number of anilines is 1. The number of benzene rings is 1. The van der Waals surface area contributed by atoms with Crippen molar-refractivity contribution in [1.29, 1.82) is 0 Å². The molecule has 2 heteroatoms. The molecule has 0 aliphatic carbocycles. The van der Waals surface area contributed by atoms with Gasteiger partial charge in [0.25, 0.3) is 0 Å². The Hall–Kier alpha value is -1.31. The Labute approximate surface area is 87.3 Å². The van der Waals surface area contributed by atoms with E-state index in [0.29, 0.717) is 0 Å². The third kappa shape index (κ3) is 4.08. The Morgan fingerprint density at radius 1 is 1.07 bits per heavy atom. The summed E-state index contributed by atoms with van der Waals surface area (Å²) in [6.45, 7) is 4.00. The first-order valence-electron chi connectivity index (χ1n) is 4.93. The van der Waals surface area contributed by atoms with Gasteiger partial charge in [-0.3, -0.25) is 4.99 Å². The second-order valence-corrected chi connectivity index (χ2v) is 2.87. The lowest BCUT2D eigenvalue weighted by Gasteiger charge is -2.11. The summed E-state index contributed by atoms with van der Waals surface area (Å²) in [6.07, 6.45) is 1.85. The van der Waals surface area contributed by atoms with Gasteiger partial charge < -0.3 is 4.90 Å². The molecule has 0 amide bonds. The Kier molecular flexibility index (Phi) is 6.46. The van der Waals surface area contributed by atoms with E-state index in [1.807, 2.05) is 34.2 Å². The van der Waals surface area contributed by atoms with Gasteiger partial charge in [0.2, 0.25) is 0 Å². The molecule has 0 aliphatic rings. The molecule has 2 nitrogen and oxygen atoms in total. The Morgan fingerprint density at radius 2 is 1.57 bits per heavy atom. The number of nitrogens with zero attached hydrogens (tertiary/aromatic N) is 2. The van der Waals surface area contributed by atoms with Crippen molar-refractivity contribution in [2.75, 3.05) is 26.0 Å². The molecule has 0 spiro atoms. The van der Waals surface area contributed by atoms with Crippen LogP contribution < -0.4 is 4.90 Å². The monoisotopic (exact) mass is 192 g/mol. The van der Waals surface area contributed by atoms with Gasteiger partial charge in [-0.25, -0.2) is 0 Å². The average Bonchev–Trinajstić information content (AvgIpc) is 2.22. The van der Waals surface area contributed by atoms with E-state index >= 15 is 0 Å². The summed E-state index contributed by atoms with van der Waals surface area (Å²) in [5.41, 5.74) is 2.35. The smallest absolute Gasteiger partial charge is 0.0361 e. The lowest BCUT2D eigenvalue weighted by molar-refractivity contribution is 1.13. The van der Waals surface area contributed by atoms with Crippen molar-refractivity contribution < 1.29 is 0 Å². The second kappa shape index (κ2) is 7.13. The topological polar surface area (TPSA) is 15.6 Å². The van der Waals surface area contributed by atoms with Gasteiger partial charge in [0, 0.05) is 33.0 Å². The molecular formula is C12H20N2. The second-order valence-electron chi connectivity index (χ2n) is 2.87. The zero-order chi connectivity index (χ0) is 11.0. The molecule has 14 heavy (non-hydrogen) atoms. The molecule has 0 aromatic heterocycles. The fourth-order valence-electron chi connectivity index (χ4n) is 1.01. The molecule has 0 heterocycles. The van der Waals surface area contributed by atoms with Crippen LogP contribution in [0.4, 0.5) is 5.69 Å². The minimum atomic E-state index is 1.14. The first-order valence-corrected chi connectivity index (χ1v) is 4.93. The fourth-order valence-corrected chi connectivity index (χ4v) is 1.01. The van der Waals surface area contributed by atoms with Crippen molar-refractivity contribution in [3.05, 3.63) is 29.8 Å². The molecule has 0 saturated carbocycles. The van der Waals surface area contributed by atoms with Crippen LogP contribution in [0.2, 0.25) is 0 Å². The van der Waals surface area contributed by atoms with Gasteiger partial charge in [-0.05, 0) is 17.7 Å². The molecule has 0 fully saturated rings. The molecule has 0 unspecified atom stereocenters. The van der Waals surface area contributed by atoms with Gasteiger partial charge in [0.05, 0.1) is 0 Å². The third-order valence-electron chi connectivity index (χ3n) is 1.69. The van der Waals surface area contributed by atoms with E-state index in [1.54, 1.807) is 7.05 Å². The van der Waals surface area contributed by atoms with Crippen molar-refractivity contribution >= 4 is 11.9 Å². The zero-order valence-electron chi connectivity index (χ0n) is 9.78. The van der Waals surface area contributed by atoms with Crippen LogP contribution in [-0.4, -0.2) is 27.4 Å². The van der Waals surface area contributed by atoms with Crippen LogP contribution in [0.15, 0.2) is 29.3 Å². The molecule has 1 aromatic rings. The summed E-state index contributed by atoms with van der Waals surface area (Å²) in [7, 11) is 5.84. The molecule has 78 valence electrons. The number of hydrogen-bond acceptors (Lipinski definition) is 2. The highest BCUT2D eigenvalue weighted by Crippen LogP contribution is 2.10. The highest BCUT2D eigenvalue weighted by atomic mass is 15.1. The normalized spacial score (nSPS) is 9.50. The molecule has 0 bridgehead atoms. The van der Waals surface area contributed by atoms with E-state index in [1.165, 1.54) is 5.69 Å².